The van der Waals surface area contributed by atoms with E-state index >= 15 is 0 Å². The summed E-state index contributed by atoms with van der Waals surface area (Å²) in [6.45, 7) is 8.94. The highest BCUT2D eigenvalue weighted by Gasteiger charge is 2.20. The van der Waals surface area contributed by atoms with Crippen molar-refractivity contribution in [2.24, 2.45) is 0 Å². The summed E-state index contributed by atoms with van der Waals surface area (Å²) in [7, 11) is 0. The maximum atomic E-state index is 4.55. The van der Waals surface area contributed by atoms with Crippen LogP contribution in [0.1, 0.15) is 55.2 Å². The van der Waals surface area contributed by atoms with Crippen molar-refractivity contribution >= 4 is 21.9 Å². The molecular formula is C25H28N4. The van der Waals surface area contributed by atoms with Gasteiger partial charge in [-0.15, -0.1) is 0 Å². The van der Waals surface area contributed by atoms with E-state index in [0.29, 0.717) is 11.8 Å². The monoisotopic (exact) mass is 384 g/mol. The summed E-state index contributed by atoms with van der Waals surface area (Å²) in [6, 6.07) is 11.4. The molecule has 2 N–H and O–H groups in total. The summed E-state index contributed by atoms with van der Waals surface area (Å²) < 4.78 is 0. The highest BCUT2D eigenvalue weighted by Crippen LogP contribution is 2.38. The third-order valence-electron chi connectivity index (χ3n) is 6.30. The van der Waals surface area contributed by atoms with E-state index in [9.17, 15) is 0 Å². The van der Waals surface area contributed by atoms with Crippen LogP contribution >= 0.6 is 0 Å². The summed E-state index contributed by atoms with van der Waals surface area (Å²) >= 11 is 0. The largest absolute Gasteiger partial charge is 0.354 e. The number of aryl methyl sites for hydroxylation is 1. The highest BCUT2D eigenvalue weighted by atomic mass is 14.9. The third-order valence-corrected chi connectivity index (χ3v) is 6.30. The zero-order valence-corrected chi connectivity index (χ0v) is 17.4. The molecule has 5 rings (SSSR count). The fourth-order valence-electron chi connectivity index (χ4n) is 4.86. The Morgan fingerprint density at radius 2 is 1.79 bits per heavy atom. The highest BCUT2D eigenvalue weighted by molar-refractivity contribution is 5.94. The maximum absolute atomic E-state index is 4.55. The molecule has 2 aromatic heterocycles. The average molecular weight is 385 g/mol. The minimum atomic E-state index is 0.430. The number of aromatic amines is 1. The second-order valence-electron chi connectivity index (χ2n) is 8.61. The van der Waals surface area contributed by atoms with Crippen LogP contribution in [0.15, 0.2) is 42.7 Å². The molecule has 0 saturated carbocycles. The second-order valence-corrected chi connectivity index (χ2v) is 8.61. The maximum Gasteiger partial charge on any atom is 0.0916 e. The number of hydrogen-bond acceptors (Lipinski definition) is 3. The lowest BCUT2D eigenvalue weighted by Crippen LogP contribution is -2.26. The predicted octanol–water partition coefficient (Wildman–Crippen LogP) is 5.68. The Morgan fingerprint density at radius 1 is 1.00 bits per heavy atom. The summed E-state index contributed by atoms with van der Waals surface area (Å²) in [6.07, 6.45) is 5.98. The molecule has 29 heavy (non-hydrogen) atoms. The van der Waals surface area contributed by atoms with Gasteiger partial charge in [-0.25, -0.2) is 0 Å². The number of nitrogens with one attached hydrogen (secondary N) is 2. The van der Waals surface area contributed by atoms with Gasteiger partial charge < -0.3 is 10.3 Å². The van der Waals surface area contributed by atoms with Crippen LogP contribution in [0.4, 0.5) is 0 Å². The predicted molar refractivity (Wildman–Crippen MR) is 121 cm³/mol. The molecule has 1 fully saturated rings. The van der Waals surface area contributed by atoms with E-state index in [4.69, 9.17) is 0 Å². The molecule has 4 nitrogen and oxygen atoms in total. The Balaban J connectivity index is 1.68. The van der Waals surface area contributed by atoms with Gasteiger partial charge in [-0.05, 0) is 85.6 Å². The molecule has 0 unspecified atom stereocenters. The first kappa shape index (κ1) is 18.3. The van der Waals surface area contributed by atoms with E-state index in [0.717, 1.165) is 29.7 Å². The van der Waals surface area contributed by atoms with Gasteiger partial charge in [-0.2, -0.15) is 0 Å². The molecule has 4 heteroatoms. The molecule has 0 atom stereocenters. The number of nitrogens with zero attached hydrogens (tertiary/aromatic N) is 2. The summed E-state index contributed by atoms with van der Waals surface area (Å²) in [4.78, 5) is 12.8. The van der Waals surface area contributed by atoms with E-state index in [-0.39, 0.29) is 0 Å². The normalized spacial score (nSPS) is 15.6. The molecule has 0 amide bonds. The van der Waals surface area contributed by atoms with Crippen LogP contribution in [-0.2, 0) is 0 Å². The number of aromatic nitrogens is 3. The minimum absolute atomic E-state index is 0.430. The van der Waals surface area contributed by atoms with Crippen molar-refractivity contribution in [3.05, 3.63) is 59.4 Å². The second kappa shape index (κ2) is 7.27. The van der Waals surface area contributed by atoms with Gasteiger partial charge >= 0.3 is 0 Å². The molecule has 0 aliphatic carbocycles. The molecular weight excluding hydrogens is 356 g/mol. The van der Waals surface area contributed by atoms with Gasteiger partial charge in [0.25, 0.3) is 0 Å². The molecule has 2 aromatic carbocycles. The van der Waals surface area contributed by atoms with Crippen molar-refractivity contribution in [1.29, 1.82) is 0 Å². The van der Waals surface area contributed by atoms with Crippen LogP contribution in [0.5, 0.6) is 0 Å². The Morgan fingerprint density at radius 3 is 2.59 bits per heavy atom. The standard InChI is InChI=1S/C25H28N4/c1-15(2)23-20-13-18(17-6-8-26-9-7-17)4-5-21(20)29-25(23)19-12-16(3)24-22(14-19)27-10-11-28-24/h4-5,10-15,17,26,29H,6-9H2,1-3H3. The zero-order valence-electron chi connectivity index (χ0n) is 17.4. The smallest absolute Gasteiger partial charge is 0.0916 e. The van der Waals surface area contributed by atoms with Crippen LogP contribution < -0.4 is 5.32 Å². The van der Waals surface area contributed by atoms with Gasteiger partial charge in [0.05, 0.1) is 16.7 Å². The Hall–Kier alpha value is -2.72. The summed E-state index contributed by atoms with van der Waals surface area (Å²) in [5.41, 5.74) is 9.60. The van der Waals surface area contributed by atoms with Gasteiger partial charge in [0, 0.05) is 28.9 Å². The molecule has 1 aliphatic heterocycles. The van der Waals surface area contributed by atoms with Crippen molar-refractivity contribution in [1.82, 2.24) is 20.3 Å². The van der Waals surface area contributed by atoms with Gasteiger partial charge in [0.2, 0.25) is 0 Å². The van der Waals surface area contributed by atoms with Crippen LogP contribution in [-0.4, -0.2) is 28.0 Å². The topological polar surface area (TPSA) is 53.6 Å². The Labute approximate surface area is 171 Å². The molecule has 1 aliphatic rings. The zero-order chi connectivity index (χ0) is 20.0. The first-order valence-electron chi connectivity index (χ1n) is 10.7. The molecule has 148 valence electrons. The van der Waals surface area contributed by atoms with Gasteiger partial charge in [-0.1, -0.05) is 19.9 Å². The fraction of sp³-hybridized carbons (Fsp3) is 0.360. The SMILES string of the molecule is Cc1cc(-c2[nH]c3ccc(C4CCNCC4)cc3c2C(C)C)cc2nccnc12. The van der Waals surface area contributed by atoms with Crippen LogP contribution in [0.25, 0.3) is 33.2 Å². The molecule has 1 saturated heterocycles. The average Bonchev–Trinajstić information content (AvgIpc) is 3.13. The van der Waals surface area contributed by atoms with Crippen molar-refractivity contribution in [2.45, 2.75) is 45.4 Å². The first-order valence-corrected chi connectivity index (χ1v) is 10.7. The number of H-pyrrole nitrogens is 1. The molecule has 0 bridgehead atoms. The molecule has 0 spiro atoms. The van der Waals surface area contributed by atoms with E-state index in [1.165, 1.54) is 46.1 Å². The lowest BCUT2D eigenvalue weighted by atomic mass is 9.88. The van der Waals surface area contributed by atoms with E-state index in [1.807, 2.05) is 0 Å². The quantitative estimate of drug-likeness (QED) is 0.478. The fourth-order valence-corrected chi connectivity index (χ4v) is 4.86. The number of benzene rings is 2. The number of rotatable bonds is 3. The van der Waals surface area contributed by atoms with Crippen LogP contribution in [0.2, 0.25) is 0 Å². The first-order chi connectivity index (χ1) is 14.1. The van der Waals surface area contributed by atoms with Gasteiger partial charge in [0.15, 0.2) is 0 Å². The van der Waals surface area contributed by atoms with E-state index < -0.39 is 0 Å². The van der Waals surface area contributed by atoms with Crippen molar-refractivity contribution in [3.63, 3.8) is 0 Å². The van der Waals surface area contributed by atoms with Crippen LogP contribution in [0, 0.1) is 6.92 Å². The molecule has 4 aromatic rings. The van der Waals surface area contributed by atoms with Crippen LogP contribution in [0.3, 0.4) is 0 Å². The van der Waals surface area contributed by atoms with E-state index in [1.54, 1.807) is 12.4 Å². The van der Waals surface area contributed by atoms with Crippen molar-refractivity contribution < 1.29 is 0 Å². The Kier molecular flexibility index (Phi) is 4.59. The summed E-state index contributed by atoms with van der Waals surface area (Å²) in [5, 5.41) is 4.84. The molecule has 0 radical (unpaired) electrons. The number of piperidine rings is 1. The molecule has 3 heterocycles. The Bertz CT molecular complexity index is 1180. The number of fused-ring (bicyclic) bond motifs is 2. The lowest BCUT2D eigenvalue weighted by molar-refractivity contribution is 0.460. The van der Waals surface area contributed by atoms with E-state index in [2.05, 4.69) is 71.4 Å². The summed E-state index contributed by atoms with van der Waals surface area (Å²) in [5.74, 6) is 1.09. The van der Waals surface area contributed by atoms with Crippen molar-refractivity contribution in [2.75, 3.05) is 13.1 Å². The number of hydrogen-bond donors (Lipinski definition) is 2. The van der Waals surface area contributed by atoms with Gasteiger partial charge in [-0.3, -0.25) is 9.97 Å². The lowest BCUT2D eigenvalue weighted by Gasteiger charge is -2.23. The van der Waals surface area contributed by atoms with Gasteiger partial charge in [0.1, 0.15) is 0 Å². The minimum Gasteiger partial charge on any atom is -0.354 e. The van der Waals surface area contributed by atoms with Crippen molar-refractivity contribution in [3.8, 4) is 11.3 Å². The third kappa shape index (κ3) is 3.22.